The minimum Gasteiger partial charge on any atom is -0.315 e. The lowest BCUT2D eigenvalue weighted by molar-refractivity contribution is 0.586. The summed E-state index contributed by atoms with van der Waals surface area (Å²) in [6.07, 6.45) is 5.43. The number of hydrogen-bond donors (Lipinski definition) is 2. The minimum absolute atomic E-state index is 0.117. The topological polar surface area (TPSA) is 128 Å². The largest absolute Gasteiger partial charge is 0.315 e. The van der Waals surface area contributed by atoms with E-state index in [-0.39, 0.29) is 4.34 Å². The molecule has 0 aliphatic heterocycles. The van der Waals surface area contributed by atoms with Crippen molar-refractivity contribution in [1.29, 1.82) is 0 Å². The van der Waals surface area contributed by atoms with Crippen molar-refractivity contribution in [3.8, 4) is 11.1 Å². The average Bonchev–Trinajstić information content (AvgIpc) is 3.31. The van der Waals surface area contributed by atoms with Crippen molar-refractivity contribution < 1.29 is 8.42 Å². The summed E-state index contributed by atoms with van der Waals surface area (Å²) in [5, 5.41) is 15.0. The van der Waals surface area contributed by atoms with Crippen molar-refractivity contribution >= 4 is 43.3 Å². The van der Waals surface area contributed by atoms with Gasteiger partial charge in [-0.25, -0.2) is 18.1 Å². The number of fused-ring (bicyclic) bond motifs is 1. The molecule has 138 valence electrons. The first-order valence-corrected chi connectivity index (χ1v) is 10.0. The summed E-state index contributed by atoms with van der Waals surface area (Å²) < 4.78 is 27.3. The number of pyridine rings is 2. The second-order valence-electron chi connectivity index (χ2n) is 5.57. The van der Waals surface area contributed by atoms with Crippen LogP contribution in [0.5, 0.6) is 0 Å². The molecule has 4 heterocycles. The van der Waals surface area contributed by atoms with E-state index in [2.05, 4.69) is 35.3 Å². The highest BCUT2D eigenvalue weighted by Gasteiger charge is 2.18. The SMILES string of the molecule is CNS(=O)(=O)c1nnc(Nc2ccc3ncc(-c4cnn(C)c4)cc3n2)s1. The zero-order valence-corrected chi connectivity index (χ0v) is 15.9. The van der Waals surface area contributed by atoms with Gasteiger partial charge < -0.3 is 5.32 Å². The fraction of sp³-hybridized carbons (Fsp3) is 0.133. The van der Waals surface area contributed by atoms with E-state index in [0.29, 0.717) is 16.5 Å². The van der Waals surface area contributed by atoms with Gasteiger partial charge in [0.15, 0.2) is 0 Å². The molecule has 2 N–H and O–H groups in total. The lowest BCUT2D eigenvalue weighted by Crippen LogP contribution is -2.18. The molecule has 0 bridgehead atoms. The zero-order chi connectivity index (χ0) is 19.0. The van der Waals surface area contributed by atoms with Crippen molar-refractivity contribution in [3.05, 3.63) is 36.8 Å². The normalized spacial score (nSPS) is 11.8. The Bertz CT molecular complexity index is 1230. The highest BCUT2D eigenvalue weighted by molar-refractivity contribution is 7.91. The third-order valence-corrected chi connectivity index (χ3v) is 6.34. The van der Waals surface area contributed by atoms with Crippen molar-refractivity contribution in [1.82, 2.24) is 34.7 Å². The van der Waals surface area contributed by atoms with Gasteiger partial charge in [-0.2, -0.15) is 5.10 Å². The van der Waals surface area contributed by atoms with E-state index in [9.17, 15) is 8.42 Å². The Morgan fingerprint density at radius 1 is 1.11 bits per heavy atom. The van der Waals surface area contributed by atoms with Gasteiger partial charge in [-0.1, -0.05) is 11.3 Å². The predicted octanol–water partition coefficient (Wildman–Crippen LogP) is 1.53. The van der Waals surface area contributed by atoms with Crippen LogP contribution in [-0.2, 0) is 17.1 Å². The summed E-state index contributed by atoms with van der Waals surface area (Å²) >= 11 is 0.917. The number of rotatable bonds is 5. The Balaban J connectivity index is 1.65. The van der Waals surface area contributed by atoms with E-state index in [1.54, 1.807) is 23.1 Å². The van der Waals surface area contributed by atoms with Crippen LogP contribution in [0.25, 0.3) is 22.2 Å². The van der Waals surface area contributed by atoms with Gasteiger partial charge in [-0.15, -0.1) is 10.2 Å². The Hall–Kier alpha value is -2.96. The predicted molar refractivity (Wildman–Crippen MR) is 101 cm³/mol. The molecule has 0 fully saturated rings. The van der Waals surface area contributed by atoms with Crippen LogP contribution in [0.1, 0.15) is 0 Å². The van der Waals surface area contributed by atoms with Crippen LogP contribution in [0.15, 0.2) is 41.1 Å². The van der Waals surface area contributed by atoms with Crippen LogP contribution in [-0.4, -0.2) is 45.4 Å². The maximum atomic E-state index is 11.8. The Labute approximate surface area is 158 Å². The van der Waals surface area contributed by atoms with E-state index in [1.165, 1.54) is 7.05 Å². The molecule has 0 radical (unpaired) electrons. The van der Waals surface area contributed by atoms with Crippen LogP contribution in [0.3, 0.4) is 0 Å². The number of anilines is 2. The maximum absolute atomic E-state index is 11.8. The molecule has 12 heteroatoms. The number of sulfonamides is 1. The zero-order valence-electron chi connectivity index (χ0n) is 14.3. The maximum Gasteiger partial charge on any atom is 0.269 e. The van der Waals surface area contributed by atoms with Gasteiger partial charge in [0.05, 0.1) is 17.2 Å². The highest BCUT2D eigenvalue weighted by Crippen LogP contribution is 2.25. The van der Waals surface area contributed by atoms with Gasteiger partial charge in [-0.05, 0) is 25.2 Å². The van der Waals surface area contributed by atoms with Gasteiger partial charge in [0.25, 0.3) is 10.0 Å². The van der Waals surface area contributed by atoms with E-state index in [1.807, 2.05) is 25.4 Å². The first-order chi connectivity index (χ1) is 12.9. The standard InChI is InChI=1S/C15H14N8O2S2/c1-16-27(24,25)15-22-21-14(26-15)20-13-4-3-11-12(19-13)5-9(6-17-11)10-7-18-23(2)8-10/h3-8,16H,1-2H3,(H,19,20,21). The van der Waals surface area contributed by atoms with Gasteiger partial charge in [-0.3, -0.25) is 9.67 Å². The van der Waals surface area contributed by atoms with E-state index in [0.717, 1.165) is 28.0 Å². The number of aromatic nitrogens is 6. The lowest BCUT2D eigenvalue weighted by Gasteiger charge is -2.04. The van der Waals surface area contributed by atoms with E-state index in [4.69, 9.17) is 0 Å². The summed E-state index contributed by atoms with van der Waals surface area (Å²) in [4.78, 5) is 8.95. The number of nitrogens with zero attached hydrogens (tertiary/aromatic N) is 6. The van der Waals surface area contributed by atoms with Crippen LogP contribution in [0.4, 0.5) is 10.9 Å². The monoisotopic (exact) mass is 402 g/mol. The molecule has 0 aliphatic rings. The number of hydrogen-bond acceptors (Lipinski definition) is 9. The smallest absolute Gasteiger partial charge is 0.269 e. The molecule has 4 aromatic heterocycles. The Morgan fingerprint density at radius 2 is 1.96 bits per heavy atom. The Morgan fingerprint density at radius 3 is 2.70 bits per heavy atom. The van der Waals surface area contributed by atoms with Crippen LogP contribution in [0.2, 0.25) is 0 Å². The molecule has 4 aromatic rings. The summed E-state index contributed by atoms with van der Waals surface area (Å²) in [7, 11) is -0.451. The van der Waals surface area contributed by atoms with Crippen LogP contribution < -0.4 is 10.0 Å². The fourth-order valence-corrected chi connectivity index (χ4v) is 4.10. The van der Waals surface area contributed by atoms with Crippen molar-refractivity contribution in [3.63, 3.8) is 0 Å². The molecule has 0 aliphatic carbocycles. The van der Waals surface area contributed by atoms with Gasteiger partial charge >= 0.3 is 0 Å². The van der Waals surface area contributed by atoms with Gasteiger partial charge in [0.2, 0.25) is 9.47 Å². The molecule has 0 amide bonds. The third kappa shape index (κ3) is 3.49. The molecule has 27 heavy (non-hydrogen) atoms. The Kier molecular flexibility index (Phi) is 4.30. The van der Waals surface area contributed by atoms with Crippen molar-refractivity contribution in [2.75, 3.05) is 12.4 Å². The minimum atomic E-state index is -3.62. The highest BCUT2D eigenvalue weighted by atomic mass is 32.2. The number of nitrogens with one attached hydrogen (secondary N) is 2. The quantitative estimate of drug-likeness (QED) is 0.514. The van der Waals surface area contributed by atoms with Gasteiger partial charge in [0.1, 0.15) is 5.82 Å². The fourth-order valence-electron chi connectivity index (χ4n) is 2.37. The lowest BCUT2D eigenvalue weighted by atomic mass is 10.1. The molecular weight excluding hydrogens is 388 g/mol. The molecule has 0 saturated heterocycles. The molecule has 10 nitrogen and oxygen atoms in total. The molecule has 4 rings (SSSR count). The third-order valence-electron chi connectivity index (χ3n) is 3.72. The molecule has 0 saturated carbocycles. The van der Waals surface area contributed by atoms with Crippen molar-refractivity contribution in [2.45, 2.75) is 4.34 Å². The van der Waals surface area contributed by atoms with Crippen LogP contribution in [0, 0.1) is 0 Å². The molecule has 0 atom stereocenters. The average molecular weight is 402 g/mol. The molecular formula is C15H14N8O2S2. The van der Waals surface area contributed by atoms with Gasteiger partial charge in [0, 0.05) is 30.6 Å². The summed E-state index contributed by atoms with van der Waals surface area (Å²) in [6, 6.07) is 5.48. The summed E-state index contributed by atoms with van der Waals surface area (Å²) in [5.41, 5.74) is 3.27. The number of aryl methyl sites for hydroxylation is 1. The van der Waals surface area contributed by atoms with E-state index >= 15 is 0 Å². The van der Waals surface area contributed by atoms with E-state index < -0.39 is 10.0 Å². The molecule has 0 unspecified atom stereocenters. The molecule has 0 aromatic carbocycles. The van der Waals surface area contributed by atoms with Crippen molar-refractivity contribution in [2.24, 2.45) is 7.05 Å². The molecule has 0 spiro atoms. The van der Waals surface area contributed by atoms with Crippen LogP contribution >= 0.6 is 11.3 Å². The first kappa shape index (κ1) is 17.5. The summed E-state index contributed by atoms with van der Waals surface area (Å²) in [5.74, 6) is 0.511. The first-order valence-electron chi connectivity index (χ1n) is 7.74. The second kappa shape index (κ2) is 6.64. The summed E-state index contributed by atoms with van der Waals surface area (Å²) in [6.45, 7) is 0. The second-order valence-corrected chi connectivity index (χ2v) is 8.60.